The Bertz CT molecular complexity index is 1050. The third-order valence-corrected chi connectivity index (χ3v) is 4.77. The molecule has 156 valence electrons. The molecule has 0 bridgehead atoms. The number of fused-ring (bicyclic) bond motifs is 1. The van der Waals surface area contributed by atoms with Crippen LogP contribution in [0.25, 0.3) is 10.8 Å². The number of halogens is 1. The van der Waals surface area contributed by atoms with Crippen LogP contribution < -0.4 is 20.3 Å². The molecule has 0 aliphatic carbocycles. The Balaban J connectivity index is 1.57. The van der Waals surface area contributed by atoms with Gasteiger partial charge in [-0.05, 0) is 66.6 Å². The van der Waals surface area contributed by atoms with E-state index in [0.717, 1.165) is 22.1 Å². The van der Waals surface area contributed by atoms with E-state index in [1.54, 1.807) is 14.0 Å². The van der Waals surface area contributed by atoms with Gasteiger partial charge in [-0.1, -0.05) is 24.3 Å². The molecule has 2 atom stereocenters. The number of hydrogen-bond donors (Lipinski definition) is 2. The molecule has 0 unspecified atom stereocenters. The molecule has 0 heterocycles. The Morgan fingerprint density at radius 1 is 0.833 bits per heavy atom. The number of benzene rings is 3. The number of carbonyl (C=O) groups is 2. The van der Waals surface area contributed by atoms with Crippen LogP contribution in [0.4, 0.5) is 4.39 Å². The Morgan fingerprint density at radius 3 is 2.13 bits per heavy atom. The van der Waals surface area contributed by atoms with Crippen LogP contribution in [0.1, 0.15) is 25.3 Å². The fourth-order valence-electron chi connectivity index (χ4n) is 2.89. The lowest BCUT2D eigenvalue weighted by atomic mass is 9.97. The highest BCUT2D eigenvalue weighted by Gasteiger charge is 2.19. The number of nitrogens with one attached hydrogen (secondary N) is 2. The molecule has 7 heteroatoms. The van der Waals surface area contributed by atoms with E-state index in [1.807, 2.05) is 36.4 Å². The van der Waals surface area contributed by atoms with E-state index in [2.05, 4.69) is 10.9 Å². The Labute approximate surface area is 174 Å². The van der Waals surface area contributed by atoms with Gasteiger partial charge in [-0.25, -0.2) is 4.39 Å². The topological polar surface area (TPSA) is 76.7 Å². The van der Waals surface area contributed by atoms with Gasteiger partial charge in [-0.2, -0.15) is 0 Å². The average molecular weight is 410 g/mol. The summed E-state index contributed by atoms with van der Waals surface area (Å²) in [5.74, 6) is -0.637. The molecule has 2 N–H and O–H groups in total. The van der Waals surface area contributed by atoms with Crippen LogP contribution in [0.5, 0.6) is 11.5 Å². The van der Waals surface area contributed by atoms with Crippen molar-refractivity contribution in [2.24, 2.45) is 0 Å². The fourth-order valence-corrected chi connectivity index (χ4v) is 2.89. The Hall–Kier alpha value is -3.61. The lowest BCUT2D eigenvalue weighted by molar-refractivity contribution is -0.133. The van der Waals surface area contributed by atoms with Crippen LogP contribution in [0.2, 0.25) is 0 Å². The number of hydrazine groups is 1. The van der Waals surface area contributed by atoms with E-state index >= 15 is 0 Å². The van der Waals surface area contributed by atoms with Gasteiger partial charge < -0.3 is 9.47 Å². The van der Waals surface area contributed by atoms with Gasteiger partial charge in [-0.15, -0.1) is 0 Å². The van der Waals surface area contributed by atoms with Crippen molar-refractivity contribution < 1.29 is 23.5 Å². The van der Waals surface area contributed by atoms with E-state index < -0.39 is 23.7 Å². The van der Waals surface area contributed by atoms with E-state index in [9.17, 15) is 14.0 Å². The van der Waals surface area contributed by atoms with E-state index in [4.69, 9.17) is 9.47 Å². The molecule has 0 radical (unpaired) electrons. The normalized spacial score (nSPS) is 12.7. The zero-order chi connectivity index (χ0) is 21.7. The van der Waals surface area contributed by atoms with Gasteiger partial charge in [0.2, 0.25) is 5.91 Å². The number of amides is 2. The van der Waals surface area contributed by atoms with Crippen LogP contribution in [0.15, 0.2) is 60.7 Å². The first-order valence-corrected chi connectivity index (χ1v) is 9.47. The van der Waals surface area contributed by atoms with E-state index in [1.165, 1.54) is 31.2 Å². The van der Waals surface area contributed by atoms with Gasteiger partial charge in [0.05, 0.1) is 13.0 Å². The molecule has 3 aromatic carbocycles. The first-order chi connectivity index (χ1) is 14.4. The molecule has 0 saturated carbocycles. The summed E-state index contributed by atoms with van der Waals surface area (Å²) in [7, 11) is 1.61. The smallest absolute Gasteiger partial charge is 0.279 e. The highest BCUT2D eigenvalue weighted by atomic mass is 19.1. The number of methoxy groups -OCH3 is 1. The first-order valence-electron chi connectivity index (χ1n) is 9.47. The highest BCUT2D eigenvalue weighted by Crippen LogP contribution is 2.25. The minimum atomic E-state index is -0.873. The number of carbonyl (C=O) groups excluding carboxylic acids is 2. The standard InChI is InChI=1S/C23H23FN2O4/c1-14(16-4-5-18-13-21(29-3)9-6-17(18)12-16)22(27)25-26-23(28)15(2)30-20-10-7-19(24)8-11-20/h4-15H,1-3H3,(H,25,27)(H,26,28)/t14-,15-/m0/s1. The molecule has 0 fully saturated rings. The van der Waals surface area contributed by atoms with Gasteiger partial charge in [0.1, 0.15) is 17.3 Å². The van der Waals surface area contributed by atoms with Gasteiger partial charge in [-0.3, -0.25) is 20.4 Å². The van der Waals surface area contributed by atoms with Gasteiger partial charge >= 0.3 is 0 Å². The first kappa shape index (κ1) is 21.1. The molecule has 30 heavy (non-hydrogen) atoms. The summed E-state index contributed by atoms with van der Waals surface area (Å²) in [5, 5.41) is 1.99. The summed E-state index contributed by atoms with van der Waals surface area (Å²) in [6.07, 6.45) is -0.873. The Morgan fingerprint density at radius 2 is 1.43 bits per heavy atom. The monoisotopic (exact) mass is 410 g/mol. The number of ether oxygens (including phenoxy) is 2. The molecule has 6 nitrogen and oxygen atoms in total. The van der Waals surface area contributed by atoms with Crippen LogP contribution in [0.3, 0.4) is 0 Å². The second-order valence-corrected chi connectivity index (χ2v) is 6.89. The van der Waals surface area contributed by atoms with Crippen molar-refractivity contribution in [3.8, 4) is 11.5 Å². The lowest BCUT2D eigenvalue weighted by Crippen LogP contribution is -2.48. The van der Waals surface area contributed by atoms with Crippen molar-refractivity contribution in [3.63, 3.8) is 0 Å². The van der Waals surface area contributed by atoms with Crippen LogP contribution in [-0.4, -0.2) is 25.0 Å². The fraction of sp³-hybridized carbons (Fsp3) is 0.217. The van der Waals surface area contributed by atoms with Crippen molar-refractivity contribution in [2.45, 2.75) is 25.9 Å². The quantitative estimate of drug-likeness (QED) is 0.608. The second kappa shape index (κ2) is 9.26. The predicted octanol–water partition coefficient (Wildman–Crippen LogP) is 3.71. The SMILES string of the molecule is COc1ccc2cc([C@H](C)C(=O)NNC(=O)[C@H](C)Oc3ccc(F)cc3)ccc2c1. The van der Waals surface area contributed by atoms with Crippen molar-refractivity contribution in [1.29, 1.82) is 0 Å². The molecule has 0 aliphatic heterocycles. The molecule has 2 amide bonds. The minimum absolute atomic E-state index is 0.353. The van der Waals surface area contributed by atoms with Crippen LogP contribution >= 0.6 is 0 Å². The minimum Gasteiger partial charge on any atom is -0.497 e. The molecule has 0 aromatic heterocycles. The van der Waals surface area contributed by atoms with Crippen molar-refractivity contribution in [1.82, 2.24) is 10.9 Å². The second-order valence-electron chi connectivity index (χ2n) is 6.89. The molecule has 3 aromatic rings. The molecular formula is C23H23FN2O4. The largest absolute Gasteiger partial charge is 0.497 e. The van der Waals surface area contributed by atoms with Gasteiger partial charge in [0, 0.05) is 0 Å². The zero-order valence-corrected chi connectivity index (χ0v) is 16.9. The van der Waals surface area contributed by atoms with Crippen molar-refractivity contribution >= 4 is 22.6 Å². The number of rotatable bonds is 6. The third-order valence-electron chi connectivity index (χ3n) is 4.77. The van der Waals surface area contributed by atoms with Gasteiger partial charge in [0.25, 0.3) is 5.91 Å². The molecule has 3 rings (SSSR count). The summed E-state index contributed by atoms with van der Waals surface area (Å²) in [6, 6.07) is 16.8. The summed E-state index contributed by atoms with van der Waals surface area (Å²) < 4.78 is 23.6. The zero-order valence-electron chi connectivity index (χ0n) is 16.9. The molecule has 0 spiro atoms. The lowest BCUT2D eigenvalue weighted by Gasteiger charge is -2.17. The van der Waals surface area contributed by atoms with Crippen molar-refractivity contribution in [2.75, 3.05) is 7.11 Å². The maximum atomic E-state index is 12.9. The molecule has 0 aliphatic rings. The predicted molar refractivity (Wildman–Crippen MR) is 112 cm³/mol. The maximum Gasteiger partial charge on any atom is 0.279 e. The van der Waals surface area contributed by atoms with E-state index in [-0.39, 0.29) is 5.91 Å². The van der Waals surface area contributed by atoms with E-state index in [0.29, 0.717) is 5.75 Å². The molecule has 0 saturated heterocycles. The summed E-state index contributed by atoms with van der Waals surface area (Å²) in [6.45, 7) is 3.29. The summed E-state index contributed by atoms with van der Waals surface area (Å²) in [5.41, 5.74) is 5.60. The highest BCUT2D eigenvalue weighted by molar-refractivity contribution is 5.90. The summed E-state index contributed by atoms with van der Waals surface area (Å²) >= 11 is 0. The maximum absolute atomic E-state index is 12.9. The number of hydrogen-bond acceptors (Lipinski definition) is 4. The third kappa shape index (κ3) is 5.05. The van der Waals surface area contributed by atoms with Gasteiger partial charge in [0.15, 0.2) is 6.10 Å². The van der Waals surface area contributed by atoms with Crippen LogP contribution in [-0.2, 0) is 9.59 Å². The summed E-state index contributed by atoms with van der Waals surface area (Å²) in [4.78, 5) is 24.7. The Kier molecular flexibility index (Phi) is 6.51. The molecular weight excluding hydrogens is 387 g/mol. The van der Waals surface area contributed by atoms with Crippen molar-refractivity contribution in [3.05, 3.63) is 72.0 Å². The van der Waals surface area contributed by atoms with Crippen LogP contribution in [0, 0.1) is 5.82 Å². The average Bonchev–Trinajstić information content (AvgIpc) is 2.77.